The first kappa shape index (κ1) is 27.0. The van der Waals surface area contributed by atoms with Crippen LogP contribution in [0.25, 0.3) is 27.8 Å². The zero-order chi connectivity index (χ0) is 28.6. The molecule has 0 atom stereocenters. The van der Waals surface area contributed by atoms with Gasteiger partial charge in [-0.15, -0.1) is 0 Å². The normalized spacial score (nSPS) is 11.7. The lowest BCUT2D eigenvalue weighted by molar-refractivity contribution is 0.00704. The summed E-state index contributed by atoms with van der Waals surface area (Å²) in [6, 6.07) is 21.2. The van der Waals surface area contributed by atoms with Gasteiger partial charge in [-0.1, -0.05) is 49.4 Å². The van der Waals surface area contributed by atoms with Gasteiger partial charge in [0.15, 0.2) is 0 Å². The molecule has 0 amide bonds. The van der Waals surface area contributed by atoms with Crippen LogP contribution < -0.4 is 5.69 Å². The molecule has 2 heterocycles. The third-order valence-electron chi connectivity index (χ3n) is 6.74. The Hall–Kier alpha value is -4.59. The Bertz CT molecular complexity index is 1750. The van der Waals surface area contributed by atoms with E-state index >= 15 is 0 Å². The highest BCUT2D eigenvalue weighted by Gasteiger charge is 2.21. The molecular formula is C32H34N4O4. The van der Waals surface area contributed by atoms with Crippen LogP contribution in [0, 0.1) is 6.92 Å². The predicted molar refractivity (Wildman–Crippen MR) is 156 cm³/mol. The molecule has 0 spiro atoms. The number of H-pyrrole nitrogens is 1. The molecule has 0 radical (unpaired) electrons. The molecule has 0 aliphatic carbocycles. The summed E-state index contributed by atoms with van der Waals surface area (Å²) in [7, 11) is 0. The molecule has 0 bridgehead atoms. The molecule has 0 aliphatic heterocycles. The zero-order valence-electron chi connectivity index (χ0n) is 23.5. The van der Waals surface area contributed by atoms with Gasteiger partial charge in [-0.05, 0) is 75.1 Å². The van der Waals surface area contributed by atoms with Gasteiger partial charge in [0.1, 0.15) is 11.4 Å². The van der Waals surface area contributed by atoms with Crippen molar-refractivity contribution in [3.05, 3.63) is 99.9 Å². The van der Waals surface area contributed by atoms with Gasteiger partial charge < -0.3 is 19.4 Å². The van der Waals surface area contributed by atoms with E-state index in [0.717, 1.165) is 46.4 Å². The number of aromatic amines is 1. The molecule has 5 rings (SSSR count). The molecule has 0 fully saturated rings. The summed E-state index contributed by atoms with van der Waals surface area (Å²) in [5.74, 6) is 0.502. The van der Waals surface area contributed by atoms with Crippen LogP contribution in [0.4, 0.5) is 0 Å². The van der Waals surface area contributed by atoms with Crippen molar-refractivity contribution in [2.24, 2.45) is 0 Å². The number of hydrogen-bond donors (Lipinski definition) is 2. The van der Waals surface area contributed by atoms with Crippen molar-refractivity contribution in [1.29, 1.82) is 0 Å². The first-order valence-electron chi connectivity index (χ1n) is 13.5. The number of hydrogen-bond acceptors (Lipinski definition) is 5. The van der Waals surface area contributed by atoms with Gasteiger partial charge in [-0.25, -0.2) is 19.1 Å². The number of aromatic hydroxyl groups is 1. The third-order valence-corrected chi connectivity index (χ3v) is 6.74. The maximum Gasteiger partial charge on any atom is 0.339 e. The summed E-state index contributed by atoms with van der Waals surface area (Å²) in [4.78, 5) is 32.8. The van der Waals surface area contributed by atoms with Gasteiger partial charge in [-0.3, -0.25) is 0 Å². The molecule has 8 nitrogen and oxygen atoms in total. The summed E-state index contributed by atoms with van der Waals surface area (Å²) < 4.78 is 9.05. The van der Waals surface area contributed by atoms with E-state index in [1.54, 1.807) is 19.1 Å². The molecule has 2 aromatic heterocycles. The molecule has 8 heteroatoms. The number of imidazole rings is 2. The maximum atomic E-state index is 12.9. The fourth-order valence-corrected chi connectivity index (χ4v) is 4.88. The van der Waals surface area contributed by atoms with Crippen molar-refractivity contribution in [2.75, 3.05) is 0 Å². The molecule has 206 valence electrons. The van der Waals surface area contributed by atoms with Crippen molar-refractivity contribution in [1.82, 2.24) is 19.1 Å². The number of esters is 1. The quantitative estimate of drug-likeness (QED) is 0.242. The van der Waals surface area contributed by atoms with Crippen molar-refractivity contribution in [3.63, 3.8) is 0 Å². The van der Waals surface area contributed by atoms with Gasteiger partial charge in [0.05, 0.1) is 28.0 Å². The molecule has 3 aromatic carbocycles. The molecule has 2 N–H and O–H groups in total. The fourth-order valence-electron chi connectivity index (χ4n) is 4.88. The van der Waals surface area contributed by atoms with E-state index in [0.29, 0.717) is 23.5 Å². The minimum Gasteiger partial charge on any atom is -0.493 e. The van der Waals surface area contributed by atoms with E-state index in [1.165, 1.54) is 4.57 Å². The van der Waals surface area contributed by atoms with Gasteiger partial charge in [0.2, 0.25) is 5.88 Å². The van der Waals surface area contributed by atoms with Crippen LogP contribution in [-0.4, -0.2) is 35.8 Å². The zero-order valence-corrected chi connectivity index (χ0v) is 23.5. The second-order valence-electron chi connectivity index (χ2n) is 11.0. The van der Waals surface area contributed by atoms with Crippen molar-refractivity contribution < 1.29 is 14.6 Å². The van der Waals surface area contributed by atoms with Crippen molar-refractivity contribution in [3.8, 4) is 22.7 Å². The van der Waals surface area contributed by atoms with Crippen LogP contribution in [-0.2, 0) is 17.7 Å². The standard InChI is InChI=1S/C32H34N4O4/c1-6-9-28-34-26-17-16-23(36-29(37)20(2)33-31(36)39)18-27(26)35(28)19-21-12-14-22(15-13-21)24-10-7-8-11-25(24)30(38)40-32(3,4)5/h7-8,10-18,37H,6,9,19H2,1-5H3,(H,33,39). The molecule has 5 aromatic rings. The van der Waals surface area contributed by atoms with Gasteiger partial charge in [-0.2, -0.15) is 0 Å². The SMILES string of the molecule is CCCc1nc2ccc(-n3c(O)c(C)[nH]c3=O)cc2n1Cc1ccc(-c2ccccc2C(=O)OC(C)(C)C)cc1. The van der Waals surface area contributed by atoms with Gasteiger partial charge >= 0.3 is 11.7 Å². The number of rotatable bonds is 7. The molecule has 0 unspecified atom stereocenters. The summed E-state index contributed by atoms with van der Waals surface area (Å²) in [5, 5.41) is 10.4. The number of benzene rings is 3. The average Bonchev–Trinajstić information content (AvgIpc) is 3.37. The first-order chi connectivity index (χ1) is 19.1. The summed E-state index contributed by atoms with van der Waals surface area (Å²) in [6.07, 6.45) is 1.74. The number of carbonyl (C=O) groups is 1. The minimum atomic E-state index is -0.579. The first-order valence-corrected chi connectivity index (χ1v) is 13.5. The van der Waals surface area contributed by atoms with Crippen LogP contribution in [0.3, 0.4) is 0 Å². The molecule has 0 saturated carbocycles. The summed E-state index contributed by atoms with van der Waals surface area (Å²) in [6.45, 7) is 9.93. The Balaban J connectivity index is 1.50. The second-order valence-corrected chi connectivity index (χ2v) is 11.0. The molecular weight excluding hydrogens is 504 g/mol. The highest BCUT2D eigenvalue weighted by Crippen LogP contribution is 2.28. The summed E-state index contributed by atoms with van der Waals surface area (Å²) in [5.41, 5.74) is 5.06. The monoisotopic (exact) mass is 538 g/mol. The number of aromatic nitrogens is 4. The Morgan fingerprint density at radius 2 is 1.77 bits per heavy atom. The fraction of sp³-hybridized carbons (Fsp3) is 0.281. The lowest BCUT2D eigenvalue weighted by atomic mass is 9.98. The highest BCUT2D eigenvalue weighted by atomic mass is 16.6. The lowest BCUT2D eigenvalue weighted by Crippen LogP contribution is -2.24. The largest absolute Gasteiger partial charge is 0.493 e. The number of fused-ring (bicyclic) bond motifs is 1. The molecule has 0 aliphatic rings. The lowest BCUT2D eigenvalue weighted by Gasteiger charge is -2.20. The smallest absolute Gasteiger partial charge is 0.339 e. The predicted octanol–water partition coefficient (Wildman–Crippen LogP) is 6.15. The van der Waals surface area contributed by atoms with E-state index in [4.69, 9.17) is 9.72 Å². The Labute approximate surface area is 232 Å². The van der Waals surface area contributed by atoms with E-state index in [9.17, 15) is 14.7 Å². The third kappa shape index (κ3) is 5.30. The van der Waals surface area contributed by atoms with Crippen LogP contribution in [0.15, 0.2) is 71.5 Å². The Morgan fingerprint density at radius 1 is 1.05 bits per heavy atom. The molecule has 0 saturated heterocycles. The summed E-state index contributed by atoms with van der Waals surface area (Å²) >= 11 is 0. The van der Waals surface area contributed by atoms with Gasteiger partial charge in [0, 0.05) is 13.0 Å². The Kier molecular flexibility index (Phi) is 7.10. The number of carbonyl (C=O) groups excluding carboxylic acids is 1. The van der Waals surface area contributed by atoms with E-state index in [1.807, 2.05) is 63.2 Å². The van der Waals surface area contributed by atoms with E-state index in [2.05, 4.69) is 28.6 Å². The minimum absolute atomic E-state index is 0.105. The van der Waals surface area contributed by atoms with Crippen LogP contribution in [0.1, 0.15) is 61.6 Å². The van der Waals surface area contributed by atoms with Crippen LogP contribution in [0.2, 0.25) is 0 Å². The van der Waals surface area contributed by atoms with Crippen LogP contribution in [0.5, 0.6) is 5.88 Å². The number of nitrogens with one attached hydrogen (secondary N) is 1. The van der Waals surface area contributed by atoms with Crippen molar-refractivity contribution in [2.45, 2.75) is 59.6 Å². The number of aryl methyl sites for hydroxylation is 2. The van der Waals surface area contributed by atoms with Crippen LogP contribution >= 0.6 is 0 Å². The topological polar surface area (TPSA) is 102 Å². The number of ether oxygens (including phenoxy) is 1. The number of nitrogens with zero attached hydrogens (tertiary/aromatic N) is 3. The second kappa shape index (κ2) is 10.5. The Morgan fingerprint density at radius 3 is 2.42 bits per heavy atom. The molecule has 40 heavy (non-hydrogen) atoms. The highest BCUT2D eigenvalue weighted by molar-refractivity contribution is 5.97. The van der Waals surface area contributed by atoms with Crippen molar-refractivity contribution >= 4 is 17.0 Å². The average molecular weight is 539 g/mol. The van der Waals surface area contributed by atoms with E-state index in [-0.39, 0.29) is 11.8 Å². The van der Waals surface area contributed by atoms with E-state index < -0.39 is 11.3 Å². The van der Waals surface area contributed by atoms with Gasteiger partial charge in [0.25, 0.3) is 0 Å². The maximum absolute atomic E-state index is 12.9.